The van der Waals surface area contributed by atoms with Gasteiger partial charge in [0.15, 0.2) is 6.61 Å². The molecule has 0 radical (unpaired) electrons. The van der Waals surface area contributed by atoms with E-state index >= 15 is 0 Å². The van der Waals surface area contributed by atoms with E-state index in [1.54, 1.807) is 24.3 Å². The molecule has 0 spiro atoms. The molecule has 0 aromatic heterocycles. The second-order valence-corrected chi connectivity index (χ2v) is 6.19. The molecule has 2 N–H and O–H groups in total. The zero-order chi connectivity index (χ0) is 17.4. The molecule has 0 heterocycles. The maximum atomic E-state index is 12.3. The van der Waals surface area contributed by atoms with Gasteiger partial charge < -0.3 is 19.9 Å². The van der Waals surface area contributed by atoms with E-state index in [0.717, 1.165) is 25.9 Å². The summed E-state index contributed by atoms with van der Waals surface area (Å²) in [6, 6.07) is 6.57. The normalized spacial score (nSPS) is 15.4. The van der Waals surface area contributed by atoms with E-state index in [0.29, 0.717) is 24.5 Å². The minimum Gasteiger partial charge on any atom is -0.482 e. The highest BCUT2D eigenvalue weighted by atomic mass is 16.5. The fourth-order valence-electron chi connectivity index (χ4n) is 2.87. The van der Waals surface area contributed by atoms with Crippen molar-refractivity contribution in [1.29, 1.82) is 0 Å². The third-order valence-electron chi connectivity index (χ3n) is 4.48. The molecule has 0 unspecified atom stereocenters. The first-order valence-electron chi connectivity index (χ1n) is 8.35. The highest BCUT2D eigenvalue weighted by molar-refractivity contribution is 5.94. The van der Waals surface area contributed by atoms with Crippen molar-refractivity contribution in [3.05, 3.63) is 29.8 Å². The first-order valence-corrected chi connectivity index (χ1v) is 8.35. The number of carboxylic acids is 1. The van der Waals surface area contributed by atoms with Crippen molar-refractivity contribution < 1.29 is 24.2 Å². The summed E-state index contributed by atoms with van der Waals surface area (Å²) in [7, 11) is 0. The van der Waals surface area contributed by atoms with E-state index in [4.69, 9.17) is 14.6 Å². The molecule has 1 fully saturated rings. The van der Waals surface area contributed by atoms with E-state index in [2.05, 4.69) is 5.32 Å². The Morgan fingerprint density at radius 2 is 2.12 bits per heavy atom. The van der Waals surface area contributed by atoms with Gasteiger partial charge in [0.25, 0.3) is 5.91 Å². The van der Waals surface area contributed by atoms with Gasteiger partial charge in [0.1, 0.15) is 5.75 Å². The van der Waals surface area contributed by atoms with Crippen molar-refractivity contribution >= 4 is 11.9 Å². The lowest BCUT2D eigenvalue weighted by Gasteiger charge is -2.42. The van der Waals surface area contributed by atoms with Crippen LogP contribution >= 0.6 is 0 Å². The summed E-state index contributed by atoms with van der Waals surface area (Å²) < 4.78 is 10.5. The van der Waals surface area contributed by atoms with E-state index in [1.807, 2.05) is 6.92 Å². The van der Waals surface area contributed by atoms with Gasteiger partial charge in [0.05, 0.1) is 0 Å². The van der Waals surface area contributed by atoms with E-state index in [-0.39, 0.29) is 11.3 Å². The van der Waals surface area contributed by atoms with Crippen molar-refractivity contribution in [3.8, 4) is 5.75 Å². The molecule has 1 aliphatic carbocycles. The maximum Gasteiger partial charge on any atom is 0.341 e. The highest BCUT2D eigenvalue weighted by Crippen LogP contribution is 2.43. The number of nitrogens with one attached hydrogen (secondary N) is 1. The number of benzene rings is 1. The third kappa shape index (κ3) is 5.23. The van der Waals surface area contributed by atoms with Crippen LogP contribution in [0.25, 0.3) is 0 Å². The predicted octanol–water partition coefficient (Wildman–Crippen LogP) is 2.48. The Morgan fingerprint density at radius 1 is 1.33 bits per heavy atom. The number of carbonyl (C=O) groups is 2. The molecule has 0 atom stereocenters. The summed E-state index contributed by atoms with van der Waals surface area (Å²) in [6.07, 6.45) is 4.38. The molecular formula is C18H25NO5. The number of aliphatic carboxylic acids is 1. The molecule has 1 aromatic carbocycles. The van der Waals surface area contributed by atoms with Gasteiger partial charge in [0, 0.05) is 25.3 Å². The van der Waals surface area contributed by atoms with Crippen LogP contribution in [0.15, 0.2) is 24.3 Å². The molecule has 0 saturated heterocycles. The molecule has 1 amide bonds. The lowest BCUT2D eigenvalue weighted by atomic mass is 9.66. The zero-order valence-electron chi connectivity index (χ0n) is 14.0. The zero-order valence-corrected chi connectivity index (χ0v) is 14.0. The standard InChI is InChI=1S/C18H25NO5/c1-2-23-10-9-18(7-4-8-18)13-19-17(22)14-5-3-6-15(11-14)24-12-16(20)21/h3,5-6,11H,2,4,7-10,12-13H2,1H3,(H,19,22)(H,20,21). The summed E-state index contributed by atoms with van der Waals surface area (Å²) in [5, 5.41) is 11.6. The number of rotatable bonds is 10. The molecule has 1 aliphatic rings. The van der Waals surface area contributed by atoms with Crippen LogP contribution in [0.2, 0.25) is 0 Å². The van der Waals surface area contributed by atoms with E-state index in [9.17, 15) is 9.59 Å². The van der Waals surface area contributed by atoms with Gasteiger partial charge in [0.2, 0.25) is 0 Å². The Bertz CT molecular complexity index is 568. The second-order valence-electron chi connectivity index (χ2n) is 6.19. The molecule has 1 aromatic rings. The Balaban J connectivity index is 1.87. The van der Waals surface area contributed by atoms with Crippen LogP contribution < -0.4 is 10.1 Å². The van der Waals surface area contributed by atoms with Gasteiger partial charge in [-0.05, 0) is 49.8 Å². The Morgan fingerprint density at radius 3 is 2.75 bits per heavy atom. The van der Waals surface area contributed by atoms with Crippen LogP contribution in [0.1, 0.15) is 43.0 Å². The van der Waals surface area contributed by atoms with Crippen molar-refractivity contribution in [2.24, 2.45) is 5.41 Å². The Kier molecular flexibility index (Phi) is 6.61. The molecule has 0 bridgehead atoms. The molecule has 0 aliphatic heterocycles. The highest BCUT2D eigenvalue weighted by Gasteiger charge is 2.36. The van der Waals surface area contributed by atoms with E-state index < -0.39 is 12.6 Å². The summed E-state index contributed by atoms with van der Waals surface area (Å²) in [4.78, 5) is 22.9. The van der Waals surface area contributed by atoms with E-state index in [1.165, 1.54) is 6.42 Å². The van der Waals surface area contributed by atoms with Gasteiger partial charge in [-0.1, -0.05) is 12.5 Å². The van der Waals surface area contributed by atoms with Gasteiger partial charge >= 0.3 is 5.97 Å². The summed E-state index contributed by atoms with van der Waals surface area (Å²) in [5.41, 5.74) is 0.625. The molecule has 6 nitrogen and oxygen atoms in total. The molecule has 6 heteroatoms. The van der Waals surface area contributed by atoms with Crippen LogP contribution in [0.4, 0.5) is 0 Å². The summed E-state index contributed by atoms with van der Waals surface area (Å²) in [6.45, 7) is 3.63. The second kappa shape index (κ2) is 8.68. The van der Waals surface area contributed by atoms with Crippen LogP contribution in [-0.4, -0.2) is 43.3 Å². The fraction of sp³-hybridized carbons (Fsp3) is 0.556. The first kappa shape index (κ1) is 18.3. The van der Waals surface area contributed by atoms with Gasteiger partial charge in [-0.25, -0.2) is 4.79 Å². The van der Waals surface area contributed by atoms with Crippen molar-refractivity contribution in [3.63, 3.8) is 0 Å². The van der Waals surface area contributed by atoms with Crippen LogP contribution in [-0.2, 0) is 9.53 Å². The van der Waals surface area contributed by atoms with Crippen LogP contribution in [0.5, 0.6) is 5.75 Å². The monoisotopic (exact) mass is 335 g/mol. The number of carboxylic acid groups (broad SMARTS) is 1. The molecule has 1 saturated carbocycles. The predicted molar refractivity (Wildman–Crippen MR) is 89.3 cm³/mol. The largest absolute Gasteiger partial charge is 0.482 e. The molecule has 2 rings (SSSR count). The van der Waals surface area contributed by atoms with Crippen molar-refractivity contribution in [2.45, 2.75) is 32.6 Å². The Hall–Kier alpha value is -2.08. The van der Waals surface area contributed by atoms with Crippen LogP contribution in [0, 0.1) is 5.41 Å². The average Bonchev–Trinajstić information content (AvgIpc) is 2.54. The number of carbonyl (C=O) groups excluding carboxylic acids is 1. The Labute approximate surface area is 142 Å². The quantitative estimate of drug-likeness (QED) is 0.642. The van der Waals surface area contributed by atoms with Gasteiger partial charge in [-0.3, -0.25) is 4.79 Å². The van der Waals surface area contributed by atoms with Crippen molar-refractivity contribution in [2.75, 3.05) is 26.4 Å². The topological polar surface area (TPSA) is 84.9 Å². The summed E-state index contributed by atoms with van der Waals surface area (Å²) in [5.74, 6) is -0.843. The molecule has 132 valence electrons. The third-order valence-corrected chi connectivity index (χ3v) is 4.48. The smallest absolute Gasteiger partial charge is 0.341 e. The average molecular weight is 335 g/mol. The lowest BCUT2D eigenvalue weighted by Crippen LogP contribution is -2.42. The minimum absolute atomic E-state index is 0.155. The first-order chi connectivity index (χ1) is 11.5. The number of amides is 1. The number of hydrogen-bond donors (Lipinski definition) is 2. The maximum absolute atomic E-state index is 12.3. The number of hydrogen-bond acceptors (Lipinski definition) is 4. The number of ether oxygens (including phenoxy) is 2. The minimum atomic E-state index is -1.05. The van der Waals surface area contributed by atoms with Crippen molar-refractivity contribution in [1.82, 2.24) is 5.32 Å². The SMILES string of the molecule is CCOCCC1(CNC(=O)c2cccc(OCC(=O)O)c2)CCC1. The van der Waals surface area contributed by atoms with Crippen LogP contribution in [0.3, 0.4) is 0 Å². The lowest BCUT2D eigenvalue weighted by molar-refractivity contribution is -0.139. The summed E-state index contributed by atoms with van der Waals surface area (Å²) >= 11 is 0. The fourth-order valence-corrected chi connectivity index (χ4v) is 2.87. The van der Waals surface area contributed by atoms with Gasteiger partial charge in [-0.2, -0.15) is 0 Å². The van der Waals surface area contributed by atoms with Gasteiger partial charge in [-0.15, -0.1) is 0 Å². The molecule has 24 heavy (non-hydrogen) atoms. The molecular weight excluding hydrogens is 310 g/mol.